The number of hydrogen-bond donors (Lipinski definition) is 2. The molecule has 11 heteroatoms. The molecule has 0 saturated carbocycles. The van der Waals surface area contributed by atoms with Crippen molar-refractivity contribution < 1.29 is 17.6 Å². The van der Waals surface area contributed by atoms with Gasteiger partial charge in [-0.3, -0.25) is 9.38 Å². The fraction of sp³-hybridized carbons (Fsp3) is 0.250. The highest BCUT2D eigenvalue weighted by Crippen LogP contribution is 2.33. The first-order valence-corrected chi connectivity index (χ1v) is 9.28. The van der Waals surface area contributed by atoms with E-state index in [9.17, 15) is 17.6 Å². The van der Waals surface area contributed by atoms with Gasteiger partial charge in [-0.2, -0.15) is 13.2 Å². The molecule has 7 nitrogen and oxygen atoms in total. The van der Waals surface area contributed by atoms with E-state index >= 15 is 0 Å². The minimum atomic E-state index is -4.50. The molecule has 0 spiro atoms. The van der Waals surface area contributed by atoms with Gasteiger partial charge >= 0.3 is 6.18 Å². The number of fused-ring (bicyclic) bond motifs is 1. The number of imidazole rings is 1. The lowest BCUT2D eigenvalue weighted by Crippen LogP contribution is -2.50. The molecule has 4 rings (SSSR count). The summed E-state index contributed by atoms with van der Waals surface area (Å²) in [4.78, 5) is 14.4. The van der Waals surface area contributed by atoms with Crippen molar-refractivity contribution in [1.29, 1.82) is 0 Å². The van der Waals surface area contributed by atoms with E-state index in [4.69, 9.17) is 11.5 Å². The second-order valence-corrected chi connectivity index (χ2v) is 7.24. The molecule has 0 bridgehead atoms. The Morgan fingerprint density at radius 1 is 1.00 bits per heavy atom. The van der Waals surface area contributed by atoms with E-state index in [1.165, 1.54) is 17.0 Å². The smallest absolute Gasteiger partial charge is 0.381 e. The van der Waals surface area contributed by atoms with Gasteiger partial charge in [0.05, 0.1) is 22.6 Å². The van der Waals surface area contributed by atoms with Gasteiger partial charge in [0, 0.05) is 11.9 Å². The third-order valence-corrected chi connectivity index (χ3v) is 4.99. The second-order valence-electron chi connectivity index (χ2n) is 7.24. The van der Waals surface area contributed by atoms with Crippen molar-refractivity contribution in [3.8, 4) is 0 Å². The molecule has 1 aromatic carbocycles. The van der Waals surface area contributed by atoms with E-state index < -0.39 is 29.6 Å². The maximum atomic E-state index is 14.6. The van der Waals surface area contributed by atoms with Gasteiger partial charge in [-0.05, 0) is 45.0 Å². The van der Waals surface area contributed by atoms with Gasteiger partial charge in [0.15, 0.2) is 23.1 Å². The number of alkyl halides is 3. The zero-order valence-electron chi connectivity index (χ0n) is 16.9. The van der Waals surface area contributed by atoms with Crippen LogP contribution in [0.1, 0.15) is 28.3 Å². The maximum Gasteiger partial charge on any atom is 0.416 e. The molecule has 4 N–H and O–H groups in total. The maximum absolute atomic E-state index is 14.6. The summed E-state index contributed by atoms with van der Waals surface area (Å²) in [5.74, 6) is -1.12. The third kappa shape index (κ3) is 3.40. The van der Waals surface area contributed by atoms with Crippen LogP contribution in [0, 0.1) is 20.8 Å². The number of benzene rings is 1. The van der Waals surface area contributed by atoms with Gasteiger partial charge in [0.25, 0.3) is 0 Å². The summed E-state index contributed by atoms with van der Waals surface area (Å²) in [6, 6.07) is 4.23. The van der Waals surface area contributed by atoms with Crippen molar-refractivity contribution in [1.82, 2.24) is 14.4 Å². The van der Waals surface area contributed by atoms with Crippen molar-refractivity contribution in [3.63, 3.8) is 0 Å². The average molecular weight is 433 g/mol. The molecule has 3 heterocycles. The van der Waals surface area contributed by atoms with Crippen molar-refractivity contribution >= 4 is 17.2 Å². The van der Waals surface area contributed by atoms with E-state index in [0.717, 1.165) is 12.1 Å². The van der Waals surface area contributed by atoms with Gasteiger partial charge in [-0.1, -0.05) is 0 Å². The number of aliphatic imine (C=N–C) groups is 1. The lowest BCUT2D eigenvalue weighted by atomic mass is 10.1. The van der Waals surface area contributed by atoms with E-state index in [-0.39, 0.29) is 11.5 Å². The Bertz CT molecular complexity index is 1240. The molecule has 0 radical (unpaired) electrons. The fourth-order valence-electron chi connectivity index (χ4n) is 3.61. The van der Waals surface area contributed by atoms with Crippen molar-refractivity contribution in [3.05, 3.63) is 70.4 Å². The molecule has 2 aromatic heterocycles. The molecular formula is C20H19F4N7. The van der Waals surface area contributed by atoms with Crippen LogP contribution in [0.25, 0.3) is 5.65 Å². The monoisotopic (exact) mass is 433 g/mol. The zero-order chi connectivity index (χ0) is 22.7. The van der Waals surface area contributed by atoms with Crippen LogP contribution in [0.3, 0.4) is 0 Å². The van der Waals surface area contributed by atoms with E-state index in [0.29, 0.717) is 28.4 Å². The summed E-state index contributed by atoms with van der Waals surface area (Å²) in [6.45, 7) is 5.34. The highest BCUT2D eigenvalue weighted by atomic mass is 19.4. The zero-order valence-corrected chi connectivity index (χ0v) is 16.9. The number of aryl methyl sites for hydroxylation is 3. The van der Waals surface area contributed by atoms with E-state index in [2.05, 4.69) is 15.0 Å². The first-order valence-electron chi connectivity index (χ1n) is 9.28. The Kier molecular flexibility index (Phi) is 4.73. The topological polar surface area (TPSA) is 97.8 Å². The van der Waals surface area contributed by atoms with Crippen LogP contribution < -0.4 is 16.4 Å². The predicted molar refractivity (Wildman–Crippen MR) is 108 cm³/mol. The lowest BCUT2D eigenvalue weighted by Gasteiger charge is -2.34. The summed E-state index contributed by atoms with van der Waals surface area (Å²) < 4.78 is 55.3. The normalized spacial score (nSPS) is 17.5. The first kappa shape index (κ1) is 20.8. The van der Waals surface area contributed by atoms with Crippen LogP contribution in [-0.4, -0.2) is 26.4 Å². The van der Waals surface area contributed by atoms with Gasteiger partial charge in [-0.15, -0.1) is 0 Å². The molecule has 1 unspecified atom stereocenters. The second kappa shape index (κ2) is 7.05. The standard InChI is InChI=1S/C20H19F4N7/c1-9-8-30-15(10(2)28-18(30)11(3)27-9)19-29-16(25)14(21)17(26)31(19)13-6-4-12(5-7-13)20(22,23)24/h4-8,17H,25-26H2,1-3H3. The fourth-order valence-corrected chi connectivity index (χ4v) is 3.61. The lowest BCUT2D eigenvalue weighted by molar-refractivity contribution is -0.137. The van der Waals surface area contributed by atoms with Crippen LogP contribution in [0.2, 0.25) is 0 Å². The molecule has 3 aromatic rings. The van der Waals surface area contributed by atoms with Crippen LogP contribution in [0.4, 0.5) is 23.2 Å². The summed E-state index contributed by atoms with van der Waals surface area (Å²) in [7, 11) is 0. The quantitative estimate of drug-likeness (QED) is 0.605. The van der Waals surface area contributed by atoms with Crippen molar-refractivity contribution in [2.24, 2.45) is 16.5 Å². The van der Waals surface area contributed by atoms with Crippen molar-refractivity contribution in [2.45, 2.75) is 33.1 Å². The molecule has 1 atom stereocenters. The number of rotatable bonds is 2. The number of anilines is 1. The highest BCUT2D eigenvalue weighted by Gasteiger charge is 2.35. The molecule has 162 valence electrons. The van der Waals surface area contributed by atoms with E-state index in [1.54, 1.807) is 24.4 Å². The van der Waals surface area contributed by atoms with Crippen LogP contribution >= 0.6 is 0 Å². The van der Waals surface area contributed by atoms with Gasteiger partial charge in [0.1, 0.15) is 11.9 Å². The Balaban J connectivity index is 1.94. The van der Waals surface area contributed by atoms with Gasteiger partial charge in [0.2, 0.25) is 0 Å². The molecule has 0 fully saturated rings. The number of hydrogen-bond acceptors (Lipinski definition) is 6. The van der Waals surface area contributed by atoms with Gasteiger partial charge < -0.3 is 16.4 Å². The number of nitrogens with two attached hydrogens (primary N) is 2. The number of aromatic nitrogens is 3. The van der Waals surface area contributed by atoms with Gasteiger partial charge in [-0.25, -0.2) is 14.4 Å². The number of halogens is 4. The van der Waals surface area contributed by atoms with Crippen molar-refractivity contribution in [2.75, 3.05) is 4.90 Å². The summed E-state index contributed by atoms with van der Waals surface area (Å²) in [6.07, 6.45) is -4.14. The molecule has 0 amide bonds. The third-order valence-electron chi connectivity index (χ3n) is 4.99. The van der Waals surface area contributed by atoms with Crippen LogP contribution in [0.5, 0.6) is 0 Å². The summed E-state index contributed by atoms with van der Waals surface area (Å²) >= 11 is 0. The average Bonchev–Trinajstić information content (AvgIpc) is 3.01. The molecule has 1 aliphatic heterocycles. The molecular weight excluding hydrogens is 414 g/mol. The molecule has 1 aliphatic rings. The SMILES string of the molecule is Cc1cn2c(C3=NC(N)=C(F)C(N)N3c3ccc(C(F)(F)F)cc3)c(C)nc2c(C)n1. The predicted octanol–water partition coefficient (Wildman–Crippen LogP) is 3.32. The molecule has 31 heavy (non-hydrogen) atoms. The van der Waals surface area contributed by atoms with Crippen LogP contribution in [0.15, 0.2) is 47.1 Å². The van der Waals surface area contributed by atoms with E-state index in [1.807, 2.05) is 6.92 Å². The summed E-state index contributed by atoms with van der Waals surface area (Å²) in [5.41, 5.74) is 14.2. The first-order chi connectivity index (χ1) is 14.5. The minimum absolute atomic E-state index is 0.168. The number of nitrogens with zero attached hydrogens (tertiary/aromatic N) is 5. The molecule has 0 saturated heterocycles. The Hall–Kier alpha value is -3.47. The minimum Gasteiger partial charge on any atom is -0.381 e. The molecule has 0 aliphatic carbocycles. The largest absolute Gasteiger partial charge is 0.416 e. The summed E-state index contributed by atoms with van der Waals surface area (Å²) in [5, 5.41) is 0. The number of amidine groups is 1. The Morgan fingerprint density at radius 3 is 2.26 bits per heavy atom. The van der Waals surface area contributed by atoms with Crippen LogP contribution in [-0.2, 0) is 6.18 Å². The highest BCUT2D eigenvalue weighted by molar-refractivity contribution is 6.11. The Labute approximate surface area is 174 Å². The Morgan fingerprint density at radius 2 is 1.65 bits per heavy atom.